The Morgan fingerprint density at radius 3 is 2.34 bits per heavy atom. The lowest BCUT2D eigenvalue weighted by Gasteiger charge is -2.41. The van der Waals surface area contributed by atoms with E-state index in [1.807, 2.05) is 38.1 Å². The van der Waals surface area contributed by atoms with Crippen molar-refractivity contribution >= 4 is 12.1 Å². The van der Waals surface area contributed by atoms with Gasteiger partial charge in [0, 0.05) is 25.2 Å². The number of likely N-dealkylation sites (tertiary alicyclic amines) is 1. The zero-order valence-electron chi connectivity index (χ0n) is 16.4. The number of urea groups is 2. The molecule has 3 N–H and O–H groups in total. The van der Waals surface area contributed by atoms with E-state index in [0.29, 0.717) is 12.8 Å². The molecule has 0 spiro atoms. The van der Waals surface area contributed by atoms with Crippen LogP contribution in [0.4, 0.5) is 22.8 Å². The number of rotatable bonds is 5. The van der Waals surface area contributed by atoms with Crippen molar-refractivity contribution in [3.63, 3.8) is 0 Å². The third kappa shape index (κ3) is 5.60. The van der Waals surface area contributed by atoms with E-state index in [1.54, 1.807) is 0 Å². The first-order valence-corrected chi connectivity index (χ1v) is 9.64. The molecule has 0 bridgehead atoms. The minimum absolute atomic E-state index is 0.113. The number of amides is 4. The molecule has 3 rings (SSSR count). The third-order valence-electron chi connectivity index (χ3n) is 5.26. The Bertz CT molecular complexity index is 732. The second-order valence-corrected chi connectivity index (χ2v) is 7.63. The number of alkyl halides is 3. The molecule has 0 saturated carbocycles. The predicted octanol–water partition coefficient (Wildman–Crippen LogP) is 2.69. The van der Waals surface area contributed by atoms with Crippen molar-refractivity contribution in [1.29, 1.82) is 0 Å². The van der Waals surface area contributed by atoms with Gasteiger partial charge in [-0.25, -0.2) is 14.5 Å². The molecular weight excluding hydrogens is 387 g/mol. The van der Waals surface area contributed by atoms with Crippen molar-refractivity contribution < 1.29 is 22.8 Å². The summed E-state index contributed by atoms with van der Waals surface area (Å²) in [6.07, 6.45) is -4.35. The summed E-state index contributed by atoms with van der Waals surface area (Å²) in [4.78, 5) is 27.4. The maximum Gasteiger partial charge on any atom is 0.401 e. The lowest BCUT2D eigenvalue weighted by molar-refractivity contribution is -0.148. The highest BCUT2D eigenvalue weighted by Crippen LogP contribution is 2.23. The van der Waals surface area contributed by atoms with Gasteiger partial charge in [0.2, 0.25) is 0 Å². The Balaban J connectivity index is 1.54. The molecule has 2 fully saturated rings. The SMILES string of the molecule is Cc1cccc([C@H](C)NC2NC(=O)N(C3CCN(CC(F)(F)F)CC3)C(=O)N2)c1. The number of imide groups is 1. The first-order valence-electron chi connectivity index (χ1n) is 9.64. The summed E-state index contributed by atoms with van der Waals surface area (Å²) in [7, 11) is 0. The van der Waals surface area contributed by atoms with Crippen LogP contribution in [-0.2, 0) is 0 Å². The minimum Gasteiger partial charge on any atom is -0.304 e. The first kappa shape index (κ1) is 21.4. The van der Waals surface area contributed by atoms with Crippen LogP contribution in [-0.4, -0.2) is 60.0 Å². The zero-order valence-corrected chi connectivity index (χ0v) is 16.4. The van der Waals surface area contributed by atoms with Crippen molar-refractivity contribution in [2.45, 2.75) is 51.2 Å². The number of carbonyl (C=O) groups excluding carboxylic acids is 2. The fourth-order valence-electron chi connectivity index (χ4n) is 3.80. The topological polar surface area (TPSA) is 76.7 Å². The van der Waals surface area contributed by atoms with E-state index >= 15 is 0 Å². The maximum atomic E-state index is 12.5. The van der Waals surface area contributed by atoms with E-state index < -0.39 is 37.1 Å². The van der Waals surface area contributed by atoms with Gasteiger partial charge in [-0.2, -0.15) is 13.2 Å². The Morgan fingerprint density at radius 2 is 1.79 bits per heavy atom. The van der Waals surface area contributed by atoms with Crippen LogP contribution < -0.4 is 16.0 Å². The first-order chi connectivity index (χ1) is 13.6. The van der Waals surface area contributed by atoms with Crippen LogP contribution in [0.5, 0.6) is 0 Å². The lowest BCUT2D eigenvalue weighted by Crippen LogP contribution is -2.70. The molecule has 0 aliphatic carbocycles. The van der Waals surface area contributed by atoms with E-state index in [9.17, 15) is 22.8 Å². The van der Waals surface area contributed by atoms with Gasteiger partial charge in [0.05, 0.1) is 6.54 Å². The number of carbonyl (C=O) groups is 2. The van der Waals surface area contributed by atoms with Crippen molar-refractivity contribution in [2.24, 2.45) is 0 Å². The summed E-state index contributed by atoms with van der Waals surface area (Å²) in [6.45, 7) is 3.32. The number of piperidine rings is 1. The molecule has 0 unspecified atom stereocenters. The van der Waals surface area contributed by atoms with Crippen LogP contribution in [0.3, 0.4) is 0 Å². The van der Waals surface area contributed by atoms with E-state index in [2.05, 4.69) is 16.0 Å². The van der Waals surface area contributed by atoms with Gasteiger partial charge in [-0.05, 0) is 32.3 Å². The van der Waals surface area contributed by atoms with E-state index in [4.69, 9.17) is 0 Å². The number of benzene rings is 1. The molecule has 2 heterocycles. The average Bonchev–Trinajstić information content (AvgIpc) is 2.61. The highest BCUT2D eigenvalue weighted by atomic mass is 19.4. The normalized spacial score (nSPS) is 21.1. The van der Waals surface area contributed by atoms with Crippen LogP contribution in [0.25, 0.3) is 0 Å². The summed E-state index contributed by atoms with van der Waals surface area (Å²) >= 11 is 0. The van der Waals surface area contributed by atoms with Crippen LogP contribution in [0.15, 0.2) is 24.3 Å². The number of nitrogens with one attached hydrogen (secondary N) is 3. The van der Waals surface area contributed by atoms with Gasteiger partial charge in [0.15, 0.2) is 6.29 Å². The summed E-state index contributed by atoms with van der Waals surface area (Å²) in [6, 6.07) is 6.27. The maximum absolute atomic E-state index is 12.5. The van der Waals surface area contributed by atoms with Gasteiger partial charge in [0.1, 0.15) is 0 Å². The summed E-state index contributed by atoms with van der Waals surface area (Å²) in [5.41, 5.74) is 2.13. The Labute approximate surface area is 167 Å². The highest BCUT2D eigenvalue weighted by molar-refractivity contribution is 5.96. The number of hydrogen-bond acceptors (Lipinski definition) is 4. The highest BCUT2D eigenvalue weighted by Gasteiger charge is 2.39. The van der Waals surface area contributed by atoms with Gasteiger partial charge in [-0.15, -0.1) is 0 Å². The number of halogens is 3. The molecule has 1 atom stereocenters. The minimum atomic E-state index is -4.25. The van der Waals surface area contributed by atoms with E-state index in [1.165, 1.54) is 4.90 Å². The van der Waals surface area contributed by atoms with Gasteiger partial charge in [-0.3, -0.25) is 10.2 Å². The molecular formula is C19H26F3N5O2. The fraction of sp³-hybridized carbons (Fsp3) is 0.579. The zero-order chi connectivity index (χ0) is 21.2. The second-order valence-electron chi connectivity index (χ2n) is 7.63. The molecule has 2 saturated heterocycles. The predicted molar refractivity (Wildman–Crippen MR) is 101 cm³/mol. The molecule has 160 valence electrons. The van der Waals surface area contributed by atoms with Gasteiger partial charge in [0.25, 0.3) is 0 Å². The van der Waals surface area contributed by atoms with Crippen molar-refractivity contribution in [2.75, 3.05) is 19.6 Å². The Hall–Kier alpha value is -2.33. The Morgan fingerprint density at radius 1 is 1.17 bits per heavy atom. The second kappa shape index (κ2) is 8.58. The van der Waals surface area contributed by atoms with Gasteiger partial charge in [-0.1, -0.05) is 29.8 Å². The number of aryl methyl sites for hydroxylation is 1. The average molecular weight is 413 g/mol. The standard InChI is InChI=1S/C19H26F3N5O2/c1-12-4-3-5-14(10-12)13(2)23-16-24-17(28)27(18(29)25-16)15-6-8-26(9-7-15)11-19(20,21)22/h3-5,10,13,15-16,23H,6-9,11H2,1-2H3,(H,24,28)(H,25,29)/t13-/m0/s1. The molecule has 10 heteroatoms. The summed E-state index contributed by atoms with van der Waals surface area (Å²) < 4.78 is 37.6. The third-order valence-corrected chi connectivity index (χ3v) is 5.26. The van der Waals surface area contributed by atoms with Crippen LogP contribution in [0, 0.1) is 6.92 Å². The van der Waals surface area contributed by atoms with Crippen LogP contribution in [0.1, 0.15) is 36.9 Å². The molecule has 7 nitrogen and oxygen atoms in total. The molecule has 0 aromatic heterocycles. The monoisotopic (exact) mass is 413 g/mol. The largest absolute Gasteiger partial charge is 0.401 e. The molecule has 2 aliphatic heterocycles. The van der Waals surface area contributed by atoms with Crippen LogP contribution in [0.2, 0.25) is 0 Å². The molecule has 4 amide bonds. The van der Waals surface area contributed by atoms with E-state index in [0.717, 1.165) is 16.0 Å². The molecule has 29 heavy (non-hydrogen) atoms. The van der Waals surface area contributed by atoms with Crippen molar-refractivity contribution in [1.82, 2.24) is 25.8 Å². The summed E-state index contributed by atoms with van der Waals surface area (Å²) in [5, 5.41) is 8.57. The molecule has 1 aromatic carbocycles. The number of hydrogen-bond donors (Lipinski definition) is 3. The fourth-order valence-corrected chi connectivity index (χ4v) is 3.80. The molecule has 1 aromatic rings. The smallest absolute Gasteiger partial charge is 0.304 e. The number of nitrogens with zero attached hydrogens (tertiary/aromatic N) is 2. The lowest BCUT2D eigenvalue weighted by atomic mass is 10.0. The molecule has 0 radical (unpaired) electrons. The Kier molecular flexibility index (Phi) is 6.33. The molecule has 2 aliphatic rings. The van der Waals surface area contributed by atoms with Gasteiger partial charge >= 0.3 is 18.2 Å². The summed E-state index contributed by atoms with van der Waals surface area (Å²) in [5.74, 6) is 0. The van der Waals surface area contributed by atoms with Crippen molar-refractivity contribution in [3.8, 4) is 0 Å². The van der Waals surface area contributed by atoms with Crippen molar-refractivity contribution in [3.05, 3.63) is 35.4 Å². The van der Waals surface area contributed by atoms with E-state index in [-0.39, 0.29) is 19.1 Å². The van der Waals surface area contributed by atoms with Gasteiger partial charge < -0.3 is 10.6 Å². The van der Waals surface area contributed by atoms with Crippen LogP contribution >= 0.6 is 0 Å². The quantitative estimate of drug-likeness (QED) is 0.694.